The minimum atomic E-state index is -0.493. The second kappa shape index (κ2) is 16.9. The maximum atomic E-state index is 12.8. The van der Waals surface area contributed by atoms with E-state index in [1.165, 1.54) is 14.2 Å². The summed E-state index contributed by atoms with van der Waals surface area (Å²) in [6, 6.07) is 17.7. The van der Waals surface area contributed by atoms with Crippen LogP contribution in [-0.2, 0) is 31.3 Å². The third kappa shape index (κ3) is 7.95. The van der Waals surface area contributed by atoms with Crippen molar-refractivity contribution >= 4 is 17.3 Å². The Morgan fingerprint density at radius 1 is 0.736 bits per heavy atom. The number of methoxy groups -OCH3 is 3. The highest BCUT2D eigenvalue weighted by Crippen LogP contribution is 2.43. The number of ether oxygens (including phenoxy) is 5. The van der Waals surface area contributed by atoms with Crippen LogP contribution >= 0.6 is 0 Å². The molecule has 0 bridgehead atoms. The van der Waals surface area contributed by atoms with Crippen LogP contribution in [0, 0.1) is 0 Å². The van der Waals surface area contributed by atoms with Gasteiger partial charge in [-0.1, -0.05) is 11.2 Å². The monoisotopic (exact) mass is 729 g/mol. The highest BCUT2D eigenvalue weighted by molar-refractivity contribution is 6.02. The number of aliphatic hydroxyl groups is 4. The van der Waals surface area contributed by atoms with Gasteiger partial charge in [0.05, 0.1) is 72.2 Å². The number of anilines is 1. The zero-order valence-electron chi connectivity index (χ0n) is 29.7. The summed E-state index contributed by atoms with van der Waals surface area (Å²) in [4.78, 5) is 18.6. The number of nitrogens with zero attached hydrogens (tertiary/aromatic N) is 1. The normalized spacial score (nSPS) is 16.1. The molecule has 6 rings (SSSR count). The van der Waals surface area contributed by atoms with E-state index in [0.717, 1.165) is 11.1 Å². The van der Waals surface area contributed by atoms with Crippen molar-refractivity contribution in [2.45, 2.75) is 51.5 Å². The number of amides is 1. The first-order valence-electron chi connectivity index (χ1n) is 17.0. The zero-order chi connectivity index (χ0) is 37.5. The highest BCUT2D eigenvalue weighted by Gasteiger charge is 2.29. The minimum Gasteiger partial charge on any atom is -0.497 e. The molecule has 2 heterocycles. The Morgan fingerprint density at radius 2 is 1.43 bits per heavy atom. The number of fused-ring (bicyclic) bond motifs is 1. The van der Waals surface area contributed by atoms with Crippen molar-refractivity contribution in [2.24, 2.45) is 5.16 Å². The van der Waals surface area contributed by atoms with E-state index < -0.39 is 12.3 Å². The Labute approximate surface area is 306 Å². The molecule has 1 amide bonds. The summed E-state index contributed by atoms with van der Waals surface area (Å²) >= 11 is 0. The van der Waals surface area contributed by atoms with Crippen molar-refractivity contribution in [2.75, 3.05) is 39.9 Å². The molecule has 0 fully saturated rings. The van der Waals surface area contributed by atoms with Gasteiger partial charge in [0.1, 0.15) is 17.7 Å². The van der Waals surface area contributed by atoms with Gasteiger partial charge in [0.25, 0.3) is 5.91 Å². The molecule has 6 N–H and O–H groups in total. The van der Waals surface area contributed by atoms with Crippen LogP contribution in [0.5, 0.6) is 28.7 Å². The van der Waals surface area contributed by atoms with Gasteiger partial charge in [-0.25, -0.2) is 0 Å². The van der Waals surface area contributed by atoms with Crippen molar-refractivity contribution in [3.63, 3.8) is 0 Å². The molecular weight excluding hydrogens is 686 g/mol. The van der Waals surface area contributed by atoms with Gasteiger partial charge in [-0.15, -0.1) is 0 Å². The number of hydrogen-bond donors (Lipinski definition) is 6. The molecule has 2 aliphatic heterocycles. The van der Waals surface area contributed by atoms with Crippen molar-refractivity contribution in [1.82, 2.24) is 5.32 Å². The van der Waals surface area contributed by atoms with Crippen molar-refractivity contribution in [1.29, 1.82) is 0 Å². The number of hydrogen-bond acceptors (Lipinski definition) is 13. The number of benzene rings is 4. The summed E-state index contributed by atoms with van der Waals surface area (Å²) in [5.74, 6) is 2.18. The summed E-state index contributed by atoms with van der Waals surface area (Å²) in [6.45, 7) is -0.560. The van der Waals surface area contributed by atoms with Crippen LogP contribution in [0.1, 0.15) is 74.4 Å². The fourth-order valence-corrected chi connectivity index (χ4v) is 6.39. The average molecular weight is 730 g/mol. The quantitative estimate of drug-likeness (QED) is 0.0902. The van der Waals surface area contributed by atoms with E-state index in [1.807, 2.05) is 6.07 Å². The Morgan fingerprint density at radius 3 is 2.08 bits per heavy atom. The first-order valence-corrected chi connectivity index (χ1v) is 17.0. The predicted molar refractivity (Wildman–Crippen MR) is 194 cm³/mol. The van der Waals surface area contributed by atoms with Crippen molar-refractivity contribution in [3.8, 4) is 28.7 Å². The van der Waals surface area contributed by atoms with Gasteiger partial charge in [-0.05, 0) is 76.9 Å². The maximum Gasteiger partial charge on any atom is 0.255 e. The number of carbonyl (C=O) groups excluding carboxylic acids is 1. The van der Waals surface area contributed by atoms with E-state index in [-0.39, 0.29) is 38.9 Å². The van der Waals surface area contributed by atoms with Crippen LogP contribution in [-0.4, -0.2) is 66.6 Å². The predicted octanol–water partition coefficient (Wildman–Crippen LogP) is 4.25. The fourth-order valence-electron chi connectivity index (χ4n) is 6.39. The van der Waals surface area contributed by atoms with Crippen LogP contribution in [0.3, 0.4) is 0 Å². The van der Waals surface area contributed by atoms with Crippen LogP contribution < -0.4 is 34.3 Å². The van der Waals surface area contributed by atoms with Gasteiger partial charge < -0.3 is 59.6 Å². The number of aliphatic hydroxyl groups excluding tert-OH is 4. The van der Waals surface area contributed by atoms with Crippen LogP contribution in [0.15, 0.2) is 65.8 Å². The fraction of sp³-hybridized carbons (Fsp3) is 0.333. The van der Waals surface area contributed by atoms with Crippen molar-refractivity contribution < 1.29 is 53.7 Å². The molecule has 4 aromatic rings. The molecule has 0 saturated heterocycles. The molecular formula is C39H43N3O11. The second-order valence-corrected chi connectivity index (χ2v) is 12.4. The van der Waals surface area contributed by atoms with E-state index in [1.54, 1.807) is 61.7 Å². The lowest BCUT2D eigenvalue weighted by atomic mass is 9.93. The van der Waals surface area contributed by atoms with Gasteiger partial charge in [0.2, 0.25) is 5.75 Å². The molecule has 14 heteroatoms. The number of oxime groups is 1. The van der Waals surface area contributed by atoms with Gasteiger partial charge in [-0.2, -0.15) is 0 Å². The molecule has 53 heavy (non-hydrogen) atoms. The van der Waals surface area contributed by atoms with Crippen molar-refractivity contribution in [3.05, 3.63) is 105 Å². The summed E-state index contributed by atoms with van der Waals surface area (Å²) in [5.41, 5.74) is 6.09. The first kappa shape index (κ1) is 37.2. The molecule has 14 nitrogen and oxygen atoms in total. The van der Waals surface area contributed by atoms with Gasteiger partial charge in [0, 0.05) is 35.2 Å². The first-order chi connectivity index (χ1) is 25.8. The maximum absolute atomic E-state index is 12.8. The molecule has 280 valence electrons. The molecule has 0 aliphatic carbocycles. The Bertz CT molecular complexity index is 1930. The summed E-state index contributed by atoms with van der Waals surface area (Å²) < 4.78 is 28.7. The van der Waals surface area contributed by atoms with E-state index in [0.29, 0.717) is 93.0 Å². The third-order valence-electron chi connectivity index (χ3n) is 9.22. The average Bonchev–Trinajstić information content (AvgIpc) is 3.70. The SMILES string of the molecule is COc1ccc2c(c1)C(=O)NC(c1ccc(OCCCOc3c(OC)cc(C4CC(c5cc(CO)c(CO)c(CO)c5)=NO4)cc3OC)c(CO)c1)N2. The summed E-state index contributed by atoms with van der Waals surface area (Å²) in [7, 11) is 4.61. The molecule has 2 atom stereocenters. The Kier molecular flexibility index (Phi) is 11.8. The lowest BCUT2D eigenvalue weighted by Gasteiger charge is -2.29. The number of rotatable bonds is 16. The summed E-state index contributed by atoms with van der Waals surface area (Å²) in [5, 5.41) is 50.0. The van der Waals surface area contributed by atoms with E-state index in [4.69, 9.17) is 28.5 Å². The standard InChI is InChI=1S/C39H43N3O11/c1-48-28-6-7-31-29(16-28)39(47)41-38(40-31)22-5-8-33(27(11-22)20-45)51-9-4-10-52-37-35(49-2)14-24(15-36(37)50-3)34-17-32(42-53-34)23-12-25(18-43)30(21-46)26(13-23)19-44/h5-8,11-16,34,38,40,43-46H,4,9-10,17-21H2,1-3H3,(H,41,47). The minimum absolute atomic E-state index is 0.232. The molecule has 4 aromatic carbocycles. The van der Waals surface area contributed by atoms with Crippen LogP contribution in [0.2, 0.25) is 0 Å². The molecule has 0 spiro atoms. The Hall–Kier alpha value is -5.54. The summed E-state index contributed by atoms with van der Waals surface area (Å²) in [6.07, 6.45) is -0.0397. The van der Waals surface area contributed by atoms with Gasteiger partial charge in [0.15, 0.2) is 17.6 Å². The molecule has 0 saturated carbocycles. The lowest BCUT2D eigenvalue weighted by Crippen LogP contribution is -2.38. The Balaban J connectivity index is 1.06. The smallest absolute Gasteiger partial charge is 0.255 e. The largest absolute Gasteiger partial charge is 0.497 e. The van der Waals surface area contributed by atoms with Crippen LogP contribution in [0.25, 0.3) is 0 Å². The highest BCUT2D eigenvalue weighted by atomic mass is 16.6. The second-order valence-electron chi connectivity index (χ2n) is 12.4. The van der Waals surface area contributed by atoms with E-state index in [9.17, 15) is 25.2 Å². The third-order valence-corrected chi connectivity index (χ3v) is 9.22. The van der Waals surface area contributed by atoms with Gasteiger partial charge >= 0.3 is 0 Å². The molecule has 0 aromatic heterocycles. The molecule has 2 aliphatic rings. The molecule has 0 radical (unpaired) electrons. The van der Waals surface area contributed by atoms with E-state index in [2.05, 4.69) is 15.8 Å². The zero-order valence-corrected chi connectivity index (χ0v) is 29.7. The van der Waals surface area contributed by atoms with Crippen LogP contribution in [0.4, 0.5) is 5.69 Å². The van der Waals surface area contributed by atoms with Gasteiger partial charge in [-0.3, -0.25) is 4.79 Å². The lowest BCUT2D eigenvalue weighted by molar-refractivity contribution is 0.0852. The number of nitrogens with one attached hydrogen (secondary N) is 2. The topological polar surface area (TPSA) is 190 Å². The molecule has 2 unspecified atom stereocenters. The van der Waals surface area contributed by atoms with E-state index >= 15 is 0 Å². The number of carbonyl (C=O) groups is 1.